The highest BCUT2D eigenvalue weighted by Gasteiger charge is 2.38. The summed E-state index contributed by atoms with van der Waals surface area (Å²) in [6.45, 7) is 0. The molecule has 1 aliphatic carbocycles. The number of esters is 1. The molecule has 0 bridgehead atoms. The predicted octanol–water partition coefficient (Wildman–Crippen LogP) is 1.66. The van der Waals surface area contributed by atoms with E-state index in [1.54, 1.807) is 0 Å². The Morgan fingerprint density at radius 3 is 2.80 bits per heavy atom. The van der Waals surface area contributed by atoms with Crippen LogP contribution >= 0.6 is 0 Å². The van der Waals surface area contributed by atoms with Gasteiger partial charge in [-0.1, -0.05) is 18.2 Å². The molecule has 1 aromatic heterocycles. The number of ketones is 2. The summed E-state index contributed by atoms with van der Waals surface area (Å²) in [5.41, 5.74) is 2.25. The Morgan fingerprint density at radius 2 is 2.05 bits per heavy atom. The van der Waals surface area contributed by atoms with Gasteiger partial charge in [-0.05, 0) is 24.5 Å². The van der Waals surface area contributed by atoms with Crippen molar-refractivity contribution in [2.24, 2.45) is 5.92 Å². The number of fused-ring (bicyclic) bond motifs is 3. The average Bonchev–Trinajstić information content (AvgIpc) is 2.86. The minimum atomic E-state index is -0.956. The van der Waals surface area contributed by atoms with Crippen molar-refractivity contribution in [3.63, 3.8) is 0 Å². The number of carbonyl (C=O) groups is 3. The van der Waals surface area contributed by atoms with Crippen LogP contribution in [0.4, 0.5) is 0 Å². The molecule has 1 aromatic carbocycles. The minimum absolute atomic E-state index is 0.321. The fraction of sp³-hybridized carbons (Fsp3) is 0.267. The second-order valence-electron chi connectivity index (χ2n) is 4.84. The summed E-state index contributed by atoms with van der Waals surface area (Å²) in [5, 5.41) is 1.000. The number of ether oxygens (including phenoxy) is 1. The van der Waals surface area contributed by atoms with Crippen LogP contribution in [0.15, 0.2) is 24.3 Å². The number of methoxy groups -OCH3 is 1. The Morgan fingerprint density at radius 1 is 1.30 bits per heavy atom. The van der Waals surface area contributed by atoms with Crippen molar-refractivity contribution in [2.45, 2.75) is 12.8 Å². The summed E-state index contributed by atoms with van der Waals surface area (Å²) in [6, 6.07) is 7.62. The van der Waals surface area contributed by atoms with Gasteiger partial charge in [-0.2, -0.15) is 0 Å². The number of H-pyrrole nitrogens is 1. The maximum Gasteiger partial charge on any atom is 0.375 e. The fourth-order valence-corrected chi connectivity index (χ4v) is 2.76. The molecule has 0 saturated carbocycles. The summed E-state index contributed by atoms with van der Waals surface area (Å²) < 4.78 is 4.41. The number of benzene rings is 1. The molecule has 0 spiro atoms. The highest BCUT2D eigenvalue weighted by Crippen LogP contribution is 2.31. The minimum Gasteiger partial charge on any atom is -0.463 e. The maximum atomic E-state index is 12.4. The predicted molar refractivity (Wildman–Crippen MR) is 71.5 cm³/mol. The van der Waals surface area contributed by atoms with Crippen molar-refractivity contribution >= 4 is 28.4 Å². The highest BCUT2D eigenvalue weighted by molar-refractivity contribution is 6.39. The maximum absolute atomic E-state index is 12.4. The first-order valence-electron chi connectivity index (χ1n) is 6.39. The molecule has 1 aliphatic rings. The first-order chi connectivity index (χ1) is 9.63. The first kappa shape index (κ1) is 12.6. The van der Waals surface area contributed by atoms with E-state index < -0.39 is 17.7 Å². The molecule has 1 unspecified atom stereocenters. The number of para-hydroxylation sites is 1. The second-order valence-corrected chi connectivity index (χ2v) is 4.84. The molecule has 102 valence electrons. The van der Waals surface area contributed by atoms with Crippen LogP contribution in [0.1, 0.15) is 22.5 Å². The number of hydrogen-bond acceptors (Lipinski definition) is 4. The van der Waals surface area contributed by atoms with Crippen LogP contribution in [0.25, 0.3) is 10.9 Å². The van der Waals surface area contributed by atoms with Crippen LogP contribution < -0.4 is 0 Å². The Labute approximate surface area is 114 Å². The zero-order valence-corrected chi connectivity index (χ0v) is 10.9. The van der Waals surface area contributed by atoms with Gasteiger partial charge >= 0.3 is 5.97 Å². The molecule has 0 fully saturated rings. The quantitative estimate of drug-likeness (QED) is 0.512. The van der Waals surface area contributed by atoms with Crippen molar-refractivity contribution in [1.82, 2.24) is 4.98 Å². The first-order valence-corrected chi connectivity index (χ1v) is 6.39. The van der Waals surface area contributed by atoms with Crippen molar-refractivity contribution in [1.29, 1.82) is 0 Å². The van der Waals surface area contributed by atoms with Crippen molar-refractivity contribution in [3.05, 3.63) is 35.5 Å². The third kappa shape index (κ3) is 1.74. The summed E-state index contributed by atoms with van der Waals surface area (Å²) in [7, 11) is 1.14. The van der Waals surface area contributed by atoms with Crippen LogP contribution in [0.5, 0.6) is 0 Å². The average molecular weight is 271 g/mol. The molecule has 0 saturated heterocycles. The Bertz CT molecular complexity index is 729. The van der Waals surface area contributed by atoms with Gasteiger partial charge in [-0.15, -0.1) is 0 Å². The smallest absolute Gasteiger partial charge is 0.375 e. The van der Waals surface area contributed by atoms with Crippen LogP contribution in [-0.4, -0.2) is 29.6 Å². The van der Waals surface area contributed by atoms with E-state index in [9.17, 15) is 14.4 Å². The highest BCUT2D eigenvalue weighted by atomic mass is 16.5. The Balaban J connectivity index is 2.03. The largest absolute Gasteiger partial charge is 0.463 e. The number of nitrogens with one attached hydrogen (secondary N) is 1. The molecule has 1 atom stereocenters. The summed E-state index contributed by atoms with van der Waals surface area (Å²) in [6.07, 6.45) is 0.945. The lowest BCUT2D eigenvalue weighted by molar-refractivity contribution is -0.153. The monoisotopic (exact) mass is 271 g/mol. The molecule has 3 rings (SSSR count). The lowest BCUT2D eigenvalue weighted by atomic mass is 9.83. The van der Waals surface area contributed by atoms with E-state index in [0.717, 1.165) is 23.6 Å². The third-order valence-corrected chi connectivity index (χ3v) is 3.76. The van der Waals surface area contributed by atoms with E-state index in [1.165, 1.54) is 0 Å². The SMILES string of the molecule is COC(=O)C(=O)C1CCc2c([nH]c3ccccc23)C1=O. The Hall–Kier alpha value is -2.43. The molecule has 5 heteroatoms. The Kier molecular flexibility index (Phi) is 2.89. The number of hydrogen-bond donors (Lipinski definition) is 1. The van der Waals surface area contributed by atoms with E-state index in [2.05, 4.69) is 9.72 Å². The van der Waals surface area contributed by atoms with Crippen molar-refractivity contribution in [3.8, 4) is 0 Å². The molecule has 0 amide bonds. The lowest BCUT2D eigenvalue weighted by Gasteiger charge is -2.18. The second kappa shape index (κ2) is 4.59. The van der Waals surface area contributed by atoms with Gasteiger partial charge in [0, 0.05) is 10.9 Å². The summed E-state index contributed by atoms with van der Waals surface area (Å²) in [5.74, 6) is -2.97. The standard InChI is InChI=1S/C15H13NO4/c1-20-15(19)14(18)10-7-6-9-8-4-2-3-5-11(8)16-12(9)13(10)17/h2-5,10,16H,6-7H2,1H3. The number of aromatic nitrogens is 1. The fourth-order valence-electron chi connectivity index (χ4n) is 2.76. The molecule has 0 radical (unpaired) electrons. The molecular formula is C15H13NO4. The van der Waals surface area contributed by atoms with Gasteiger partial charge in [0.15, 0.2) is 5.78 Å². The number of carbonyl (C=O) groups excluding carboxylic acids is 3. The topological polar surface area (TPSA) is 76.2 Å². The van der Waals surface area contributed by atoms with E-state index >= 15 is 0 Å². The van der Waals surface area contributed by atoms with Gasteiger partial charge in [0.2, 0.25) is 0 Å². The molecule has 5 nitrogen and oxygen atoms in total. The van der Waals surface area contributed by atoms with Gasteiger partial charge in [0.25, 0.3) is 5.78 Å². The molecule has 0 aliphatic heterocycles. The normalized spacial score (nSPS) is 17.9. The van der Waals surface area contributed by atoms with Gasteiger partial charge < -0.3 is 9.72 Å². The van der Waals surface area contributed by atoms with Gasteiger partial charge in [-0.3, -0.25) is 9.59 Å². The van der Waals surface area contributed by atoms with Gasteiger partial charge in [0.1, 0.15) is 0 Å². The summed E-state index contributed by atoms with van der Waals surface area (Å²) >= 11 is 0. The molecule has 1 N–H and O–H groups in total. The van der Waals surface area contributed by atoms with Gasteiger partial charge in [-0.25, -0.2) is 4.79 Å². The van der Waals surface area contributed by atoms with Crippen molar-refractivity contribution in [2.75, 3.05) is 7.11 Å². The lowest BCUT2D eigenvalue weighted by Crippen LogP contribution is -2.34. The summed E-state index contributed by atoms with van der Waals surface area (Å²) in [4.78, 5) is 38.6. The van der Waals surface area contributed by atoms with Crippen molar-refractivity contribution < 1.29 is 19.1 Å². The molecule has 2 aromatic rings. The zero-order valence-electron chi connectivity index (χ0n) is 10.9. The van der Waals surface area contributed by atoms with Crippen LogP contribution in [0.2, 0.25) is 0 Å². The number of Topliss-reactive ketones (excluding diaryl/α,β-unsaturated/α-hetero) is 2. The van der Waals surface area contributed by atoms with E-state index in [0.29, 0.717) is 18.5 Å². The number of rotatable bonds is 2. The number of aromatic amines is 1. The van der Waals surface area contributed by atoms with Crippen LogP contribution in [0.3, 0.4) is 0 Å². The third-order valence-electron chi connectivity index (χ3n) is 3.76. The van der Waals surface area contributed by atoms with E-state index in [-0.39, 0.29) is 5.78 Å². The number of aryl methyl sites for hydroxylation is 1. The molecular weight excluding hydrogens is 258 g/mol. The van der Waals surface area contributed by atoms with Crippen LogP contribution in [0, 0.1) is 5.92 Å². The zero-order chi connectivity index (χ0) is 14.3. The van der Waals surface area contributed by atoms with Gasteiger partial charge in [0.05, 0.1) is 18.7 Å². The van der Waals surface area contributed by atoms with Crippen LogP contribution in [-0.2, 0) is 20.7 Å². The van der Waals surface area contributed by atoms with E-state index in [1.807, 2.05) is 24.3 Å². The molecule has 20 heavy (non-hydrogen) atoms. The van der Waals surface area contributed by atoms with E-state index in [4.69, 9.17) is 0 Å². The molecule has 1 heterocycles.